The van der Waals surface area contributed by atoms with Gasteiger partial charge in [-0.25, -0.2) is 4.79 Å². The molecular formula is C16H13NO3. The second-order valence-electron chi connectivity index (χ2n) is 4.64. The van der Waals surface area contributed by atoms with Crippen molar-refractivity contribution in [2.45, 2.75) is 6.04 Å². The van der Waals surface area contributed by atoms with E-state index in [1.807, 2.05) is 18.2 Å². The van der Waals surface area contributed by atoms with Crippen molar-refractivity contribution in [2.75, 3.05) is 5.32 Å². The Kier molecular flexibility index (Phi) is 2.91. The van der Waals surface area contributed by atoms with E-state index in [1.54, 1.807) is 36.4 Å². The van der Waals surface area contributed by atoms with E-state index in [-0.39, 0.29) is 17.4 Å². The summed E-state index contributed by atoms with van der Waals surface area (Å²) in [5.41, 5.74) is 2.67. The number of hydrogen-bond donors (Lipinski definition) is 3. The molecule has 1 aliphatic rings. The van der Waals surface area contributed by atoms with Gasteiger partial charge in [-0.05, 0) is 29.8 Å². The third-order valence-corrected chi connectivity index (χ3v) is 3.34. The molecule has 2 aromatic carbocycles. The number of carbonyl (C=O) groups is 1. The normalized spacial score (nSPS) is 16.8. The smallest absolute Gasteiger partial charge is 0.336 e. The van der Waals surface area contributed by atoms with Gasteiger partial charge in [0.05, 0.1) is 11.6 Å². The highest BCUT2D eigenvalue weighted by atomic mass is 16.4. The topological polar surface area (TPSA) is 69.6 Å². The number of carboxylic acids is 1. The van der Waals surface area contributed by atoms with Gasteiger partial charge in [-0.2, -0.15) is 0 Å². The van der Waals surface area contributed by atoms with Crippen LogP contribution >= 0.6 is 0 Å². The van der Waals surface area contributed by atoms with Crippen LogP contribution in [-0.4, -0.2) is 16.2 Å². The molecule has 4 nitrogen and oxygen atoms in total. The Morgan fingerprint density at radius 2 is 1.75 bits per heavy atom. The lowest BCUT2D eigenvalue weighted by atomic mass is 9.93. The Labute approximate surface area is 116 Å². The average molecular weight is 267 g/mol. The van der Waals surface area contributed by atoms with Crippen molar-refractivity contribution in [3.05, 3.63) is 65.7 Å². The van der Waals surface area contributed by atoms with Gasteiger partial charge in [0.15, 0.2) is 0 Å². The Hall–Kier alpha value is -2.75. The molecule has 3 N–H and O–H groups in total. The number of fused-ring (bicyclic) bond motifs is 1. The van der Waals surface area contributed by atoms with Crippen LogP contribution in [0.15, 0.2) is 54.6 Å². The molecule has 0 amide bonds. The number of aliphatic carboxylic acids is 1. The molecule has 20 heavy (non-hydrogen) atoms. The minimum Gasteiger partial charge on any atom is -0.508 e. The van der Waals surface area contributed by atoms with Crippen molar-refractivity contribution in [1.82, 2.24) is 0 Å². The second-order valence-corrected chi connectivity index (χ2v) is 4.64. The van der Waals surface area contributed by atoms with Crippen LogP contribution in [0.2, 0.25) is 0 Å². The fraction of sp³-hybridized carbons (Fsp3) is 0.0625. The van der Waals surface area contributed by atoms with Gasteiger partial charge >= 0.3 is 5.97 Å². The molecule has 0 radical (unpaired) electrons. The summed E-state index contributed by atoms with van der Waals surface area (Å²) in [6, 6.07) is 13.8. The monoisotopic (exact) mass is 267 g/mol. The van der Waals surface area contributed by atoms with Gasteiger partial charge in [0.1, 0.15) is 5.75 Å². The molecule has 1 atom stereocenters. The van der Waals surface area contributed by atoms with Crippen molar-refractivity contribution in [3.8, 4) is 5.75 Å². The summed E-state index contributed by atoms with van der Waals surface area (Å²) in [6.07, 6.45) is 1.69. The first-order chi connectivity index (χ1) is 9.65. The van der Waals surface area contributed by atoms with Crippen LogP contribution in [0, 0.1) is 0 Å². The van der Waals surface area contributed by atoms with E-state index in [2.05, 4.69) is 5.32 Å². The van der Waals surface area contributed by atoms with E-state index in [4.69, 9.17) is 0 Å². The number of hydrogen-bond acceptors (Lipinski definition) is 3. The minimum atomic E-state index is -0.942. The Morgan fingerprint density at radius 3 is 2.45 bits per heavy atom. The maximum Gasteiger partial charge on any atom is 0.336 e. The summed E-state index contributed by atoms with van der Waals surface area (Å²) >= 11 is 0. The highest BCUT2D eigenvalue weighted by Crippen LogP contribution is 2.35. The average Bonchev–Trinajstić information content (AvgIpc) is 2.46. The molecule has 0 fully saturated rings. The largest absolute Gasteiger partial charge is 0.508 e. The van der Waals surface area contributed by atoms with Gasteiger partial charge in [-0.3, -0.25) is 0 Å². The van der Waals surface area contributed by atoms with Crippen molar-refractivity contribution < 1.29 is 15.0 Å². The number of para-hydroxylation sites is 1. The summed E-state index contributed by atoms with van der Waals surface area (Å²) in [4.78, 5) is 11.4. The van der Waals surface area contributed by atoms with E-state index in [0.29, 0.717) is 5.56 Å². The number of rotatable bonds is 2. The Bertz CT molecular complexity index is 689. The molecule has 0 bridgehead atoms. The highest BCUT2D eigenvalue weighted by molar-refractivity contribution is 6.18. The first-order valence-corrected chi connectivity index (χ1v) is 6.25. The number of phenolic OH excluding ortho intramolecular Hbond substituents is 1. The number of aromatic hydroxyl groups is 1. The molecule has 0 spiro atoms. The fourth-order valence-electron chi connectivity index (χ4n) is 2.36. The van der Waals surface area contributed by atoms with Crippen LogP contribution in [0.25, 0.3) is 5.57 Å². The molecule has 4 heteroatoms. The summed E-state index contributed by atoms with van der Waals surface area (Å²) < 4.78 is 0. The third-order valence-electron chi connectivity index (χ3n) is 3.34. The van der Waals surface area contributed by atoms with E-state index in [0.717, 1.165) is 11.3 Å². The van der Waals surface area contributed by atoms with Crippen LogP contribution in [0.3, 0.4) is 0 Å². The molecular weight excluding hydrogens is 254 g/mol. The molecule has 0 aromatic heterocycles. The van der Waals surface area contributed by atoms with Gasteiger partial charge in [0.2, 0.25) is 0 Å². The molecule has 100 valence electrons. The first-order valence-electron chi connectivity index (χ1n) is 6.25. The Balaban J connectivity index is 2.06. The first kappa shape index (κ1) is 12.3. The minimum absolute atomic E-state index is 0.187. The Morgan fingerprint density at radius 1 is 1.05 bits per heavy atom. The quantitative estimate of drug-likeness (QED) is 0.782. The maximum absolute atomic E-state index is 11.4. The molecule has 1 heterocycles. The van der Waals surface area contributed by atoms with E-state index in [1.165, 1.54) is 0 Å². The summed E-state index contributed by atoms with van der Waals surface area (Å²) in [6.45, 7) is 0. The van der Waals surface area contributed by atoms with Crippen LogP contribution in [0.5, 0.6) is 5.75 Å². The lowest BCUT2D eigenvalue weighted by Crippen LogP contribution is -2.17. The molecule has 0 saturated heterocycles. The maximum atomic E-state index is 11.4. The number of nitrogens with one attached hydrogen (secondary N) is 1. The van der Waals surface area contributed by atoms with Gasteiger partial charge in [-0.1, -0.05) is 30.3 Å². The molecule has 0 aliphatic carbocycles. The van der Waals surface area contributed by atoms with Crippen LogP contribution in [0.4, 0.5) is 5.69 Å². The summed E-state index contributed by atoms with van der Waals surface area (Å²) in [5, 5.41) is 22.0. The van der Waals surface area contributed by atoms with Crippen LogP contribution < -0.4 is 5.32 Å². The van der Waals surface area contributed by atoms with Gasteiger partial charge in [0.25, 0.3) is 0 Å². The lowest BCUT2D eigenvalue weighted by Gasteiger charge is -2.25. The number of anilines is 1. The summed E-state index contributed by atoms with van der Waals surface area (Å²) in [5.74, 6) is -0.755. The van der Waals surface area contributed by atoms with Gasteiger partial charge < -0.3 is 15.5 Å². The third kappa shape index (κ3) is 2.12. The zero-order valence-electron chi connectivity index (χ0n) is 10.6. The van der Waals surface area contributed by atoms with Crippen LogP contribution in [-0.2, 0) is 4.79 Å². The predicted molar refractivity (Wildman–Crippen MR) is 76.5 cm³/mol. The van der Waals surface area contributed by atoms with Crippen molar-refractivity contribution >= 4 is 17.2 Å². The van der Waals surface area contributed by atoms with Crippen LogP contribution in [0.1, 0.15) is 17.2 Å². The summed E-state index contributed by atoms with van der Waals surface area (Å²) in [7, 11) is 0. The zero-order chi connectivity index (χ0) is 14.1. The van der Waals surface area contributed by atoms with E-state index in [9.17, 15) is 15.0 Å². The number of carboxylic acid groups (broad SMARTS) is 1. The zero-order valence-corrected chi connectivity index (χ0v) is 10.6. The van der Waals surface area contributed by atoms with E-state index < -0.39 is 5.97 Å². The van der Waals surface area contributed by atoms with Crippen molar-refractivity contribution in [1.29, 1.82) is 0 Å². The lowest BCUT2D eigenvalue weighted by molar-refractivity contribution is -0.130. The molecule has 1 unspecified atom stereocenters. The molecule has 1 aliphatic heterocycles. The van der Waals surface area contributed by atoms with Crippen molar-refractivity contribution in [2.24, 2.45) is 0 Å². The number of phenols is 1. The molecule has 2 aromatic rings. The predicted octanol–water partition coefficient (Wildman–Crippen LogP) is 3.03. The fourth-order valence-corrected chi connectivity index (χ4v) is 2.36. The van der Waals surface area contributed by atoms with Crippen molar-refractivity contribution in [3.63, 3.8) is 0 Å². The SMILES string of the molecule is O=C(O)C1=CC(c2ccc(O)cc2)Nc2ccccc21. The standard InChI is InChI=1S/C16H13NO3/c18-11-7-5-10(6-8-11)15-9-13(16(19)20)12-3-1-2-4-14(12)17-15/h1-9,15,17-18H,(H,19,20). The van der Waals surface area contributed by atoms with E-state index >= 15 is 0 Å². The molecule has 0 saturated carbocycles. The van der Waals surface area contributed by atoms with Gasteiger partial charge in [0, 0.05) is 11.3 Å². The van der Waals surface area contributed by atoms with Gasteiger partial charge in [-0.15, -0.1) is 0 Å². The second kappa shape index (κ2) is 4.74. The number of benzene rings is 2. The highest BCUT2D eigenvalue weighted by Gasteiger charge is 2.23. The molecule has 3 rings (SSSR count).